The molecule has 2 heteroatoms. The van der Waals surface area contributed by atoms with Gasteiger partial charge in [0.25, 0.3) is 0 Å². The number of nitrogens with zero attached hydrogens (tertiary/aromatic N) is 1. The molecule has 0 bridgehead atoms. The molecule has 1 fully saturated rings. The van der Waals surface area contributed by atoms with Crippen LogP contribution in [0.3, 0.4) is 0 Å². The summed E-state index contributed by atoms with van der Waals surface area (Å²) >= 11 is 0. The topological polar surface area (TPSA) is 28.1 Å². The van der Waals surface area contributed by atoms with Gasteiger partial charge in [0, 0.05) is 34.9 Å². The number of aromatic nitrogens is 1. The van der Waals surface area contributed by atoms with Crippen molar-refractivity contribution < 1.29 is 0 Å². The molecule has 23 heavy (non-hydrogen) atoms. The highest BCUT2D eigenvalue weighted by atomic mass is 14.7. The molecule has 1 saturated carbocycles. The number of hydrogen-bond donors (Lipinski definition) is 1. The fourth-order valence-electron chi connectivity index (χ4n) is 3.14. The number of benzene rings is 1. The predicted octanol–water partition coefficient (Wildman–Crippen LogP) is 5.43. The third-order valence-corrected chi connectivity index (χ3v) is 4.51. The average Bonchev–Trinajstić information content (AvgIpc) is 3.32. The Morgan fingerprint density at radius 2 is 2.13 bits per heavy atom. The number of aliphatic imine (C=N–C) groups is 1. The summed E-state index contributed by atoms with van der Waals surface area (Å²) in [5, 5.41) is 1.28. The van der Waals surface area contributed by atoms with E-state index in [9.17, 15) is 0 Å². The Morgan fingerprint density at radius 3 is 2.87 bits per heavy atom. The van der Waals surface area contributed by atoms with Crippen LogP contribution < -0.4 is 0 Å². The molecule has 2 aliphatic rings. The van der Waals surface area contributed by atoms with E-state index in [0.29, 0.717) is 5.92 Å². The van der Waals surface area contributed by atoms with Gasteiger partial charge in [-0.15, -0.1) is 0 Å². The first-order chi connectivity index (χ1) is 11.3. The first-order valence-electron chi connectivity index (χ1n) is 8.19. The van der Waals surface area contributed by atoms with Crippen LogP contribution in [0.5, 0.6) is 0 Å². The predicted molar refractivity (Wildman–Crippen MR) is 98.5 cm³/mol. The van der Waals surface area contributed by atoms with Crippen LogP contribution in [0, 0.1) is 5.92 Å². The summed E-state index contributed by atoms with van der Waals surface area (Å²) < 4.78 is 0. The molecule has 114 valence electrons. The Hall–Kier alpha value is -2.61. The normalized spacial score (nSPS) is 20.1. The lowest BCUT2D eigenvalue weighted by Crippen LogP contribution is -1.98. The number of nitrogens with one attached hydrogen (secondary N) is 1. The molecule has 4 rings (SSSR count). The first kappa shape index (κ1) is 14.0. The second kappa shape index (κ2) is 5.88. The first-order valence-corrected chi connectivity index (χ1v) is 8.19. The van der Waals surface area contributed by atoms with E-state index in [4.69, 9.17) is 0 Å². The Labute approximate surface area is 136 Å². The van der Waals surface area contributed by atoms with Crippen LogP contribution in [-0.2, 0) is 0 Å². The molecular formula is C21H20N2. The fourth-order valence-corrected chi connectivity index (χ4v) is 3.14. The van der Waals surface area contributed by atoms with Crippen LogP contribution in [0.2, 0.25) is 0 Å². The van der Waals surface area contributed by atoms with E-state index in [2.05, 4.69) is 65.1 Å². The summed E-state index contributed by atoms with van der Waals surface area (Å²) in [5.41, 5.74) is 6.28. The maximum absolute atomic E-state index is 4.44. The zero-order chi connectivity index (χ0) is 15.6. The number of aromatic amines is 1. The van der Waals surface area contributed by atoms with Gasteiger partial charge in [-0.05, 0) is 54.2 Å². The van der Waals surface area contributed by atoms with E-state index in [1.54, 1.807) is 6.20 Å². The minimum absolute atomic E-state index is 0.646. The Kier molecular flexibility index (Phi) is 3.58. The van der Waals surface area contributed by atoms with Crippen molar-refractivity contribution in [2.24, 2.45) is 10.9 Å². The van der Waals surface area contributed by atoms with E-state index in [-0.39, 0.29) is 0 Å². The third kappa shape index (κ3) is 2.85. The zero-order valence-corrected chi connectivity index (χ0v) is 13.1. The van der Waals surface area contributed by atoms with Gasteiger partial charge in [-0.3, -0.25) is 4.99 Å². The molecule has 1 aromatic heterocycles. The van der Waals surface area contributed by atoms with E-state index < -0.39 is 0 Å². The van der Waals surface area contributed by atoms with Crippen molar-refractivity contribution in [3.8, 4) is 0 Å². The van der Waals surface area contributed by atoms with Gasteiger partial charge in [0.15, 0.2) is 0 Å². The lowest BCUT2D eigenvalue weighted by atomic mass is 9.94. The second-order valence-corrected chi connectivity index (χ2v) is 6.17. The summed E-state index contributed by atoms with van der Waals surface area (Å²) in [4.78, 5) is 7.72. The second-order valence-electron chi connectivity index (χ2n) is 6.17. The van der Waals surface area contributed by atoms with Gasteiger partial charge in [-0.2, -0.15) is 0 Å². The zero-order valence-electron chi connectivity index (χ0n) is 13.1. The average molecular weight is 300 g/mol. The number of fused-ring (bicyclic) bond motifs is 1. The number of rotatable bonds is 4. The third-order valence-electron chi connectivity index (χ3n) is 4.51. The van der Waals surface area contributed by atoms with Gasteiger partial charge in [0.2, 0.25) is 0 Å². The summed E-state index contributed by atoms with van der Waals surface area (Å²) in [7, 11) is 0. The summed E-state index contributed by atoms with van der Waals surface area (Å²) in [5.74, 6) is 0.646. The molecule has 0 unspecified atom stereocenters. The molecule has 0 saturated heterocycles. The molecule has 2 aromatic rings. The number of allylic oxidation sites excluding steroid dienone is 6. The van der Waals surface area contributed by atoms with Crippen molar-refractivity contribution in [1.29, 1.82) is 0 Å². The fraction of sp³-hybridized carbons (Fsp3) is 0.190. The molecule has 2 aliphatic carbocycles. The number of H-pyrrole nitrogens is 1. The monoisotopic (exact) mass is 300 g/mol. The summed E-state index contributed by atoms with van der Waals surface area (Å²) in [6.45, 7) is 3.73. The summed E-state index contributed by atoms with van der Waals surface area (Å²) in [6, 6.07) is 8.56. The molecule has 1 N–H and O–H groups in total. The van der Waals surface area contributed by atoms with Gasteiger partial charge < -0.3 is 4.98 Å². The minimum Gasteiger partial charge on any atom is -0.361 e. The molecular weight excluding hydrogens is 280 g/mol. The maximum atomic E-state index is 4.44. The van der Waals surface area contributed by atoms with Crippen LogP contribution >= 0.6 is 0 Å². The quantitative estimate of drug-likeness (QED) is 0.729. The van der Waals surface area contributed by atoms with Gasteiger partial charge in [0.05, 0.1) is 0 Å². The van der Waals surface area contributed by atoms with Crippen molar-refractivity contribution in [3.05, 3.63) is 78.7 Å². The minimum atomic E-state index is 0.646. The molecule has 2 nitrogen and oxygen atoms in total. The lowest BCUT2D eigenvalue weighted by Gasteiger charge is -2.11. The van der Waals surface area contributed by atoms with E-state index >= 15 is 0 Å². The van der Waals surface area contributed by atoms with Crippen molar-refractivity contribution in [1.82, 2.24) is 4.98 Å². The number of hydrogen-bond acceptors (Lipinski definition) is 1. The van der Waals surface area contributed by atoms with Crippen molar-refractivity contribution in [2.45, 2.75) is 19.3 Å². The van der Waals surface area contributed by atoms with Crippen molar-refractivity contribution >= 4 is 22.2 Å². The molecule has 0 spiro atoms. The SMILES string of the molecule is C=C/N=C(\C=C1\C=CC(c2cccc3[nH]ccc23)=CC1)C1CC1. The molecule has 0 atom stereocenters. The highest BCUT2D eigenvalue weighted by Crippen LogP contribution is 2.33. The highest BCUT2D eigenvalue weighted by molar-refractivity contribution is 6.00. The van der Waals surface area contributed by atoms with Gasteiger partial charge >= 0.3 is 0 Å². The van der Waals surface area contributed by atoms with Crippen LogP contribution in [0.1, 0.15) is 24.8 Å². The Bertz CT molecular complexity index is 870. The lowest BCUT2D eigenvalue weighted by molar-refractivity contribution is 1.18. The van der Waals surface area contributed by atoms with Gasteiger partial charge in [-0.1, -0.05) is 36.9 Å². The van der Waals surface area contributed by atoms with E-state index in [1.165, 1.54) is 46.2 Å². The van der Waals surface area contributed by atoms with Crippen LogP contribution in [0.4, 0.5) is 0 Å². The van der Waals surface area contributed by atoms with E-state index in [0.717, 1.165) is 6.42 Å². The summed E-state index contributed by atoms with van der Waals surface area (Å²) in [6.07, 6.45) is 16.1. The smallest absolute Gasteiger partial charge is 0.0460 e. The molecule has 1 aromatic carbocycles. The molecule has 0 aliphatic heterocycles. The van der Waals surface area contributed by atoms with Crippen LogP contribution in [-0.4, -0.2) is 10.7 Å². The van der Waals surface area contributed by atoms with Gasteiger partial charge in [0.1, 0.15) is 0 Å². The molecule has 0 amide bonds. The maximum Gasteiger partial charge on any atom is 0.0460 e. The molecule has 0 radical (unpaired) electrons. The van der Waals surface area contributed by atoms with E-state index in [1.807, 2.05) is 6.20 Å². The van der Waals surface area contributed by atoms with Gasteiger partial charge in [-0.25, -0.2) is 0 Å². The van der Waals surface area contributed by atoms with Crippen molar-refractivity contribution in [2.75, 3.05) is 0 Å². The van der Waals surface area contributed by atoms with Crippen LogP contribution in [0.15, 0.2) is 78.1 Å². The van der Waals surface area contributed by atoms with Crippen LogP contribution in [0.25, 0.3) is 16.5 Å². The molecule has 1 heterocycles. The standard InChI is InChI=1S/C21H20N2/c1-2-22-21(17-10-11-17)14-15-6-8-16(9-7-15)18-4-3-5-20-19(18)12-13-23-20/h2-6,8-9,12-14,17,23H,1,7,10-11H2/b15-14-,22-21+. The largest absolute Gasteiger partial charge is 0.361 e. The highest BCUT2D eigenvalue weighted by Gasteiger charge is 2.26. The van der Waals surface area contributed by atoms with Crippen molar-refractivity contribution in [3.63, 3.8) is 0 Å². The Morgan fingerprint density at radius 1 is 1.22 bits per heavy atom. The Balaban J connectivity index is 1.60.